The highest BCUT2D eigenvalue weighted by Crippen LogP contribution is 2.29. The molecule has 1 atom stereocenters. The Bertz CT molecular complexity index is 1060. The standard InChI is InChI=1S/C21H19N5OS2/c1-14-9-10-28-19(14)17(11-15-5-3-2-4-6-15)24-18-8-7-16(12-22-18)20(27)25-21-26-23-13-29-21/h2-10,12-13,17H,11H2,1H3,(H,22,24)(H,25,26,27). The lowest BCUT2D eigenvalue weighted by Crippen LogP contribution is -2.15. The molecule has 3 aromatic heterocycles. The van der Waals surface area contributed by atoms with Crippen LogP contribution in [0.1, 0.15) is 32.4 Å². The Hall–Kier alpha value is -3.10. The molecule has 29 heavy (non-hydrogen) atoms. The Morgan fingerprint density at radius 2 is 1.97 bits per heavy atom. The van der Waals surface area contributed by atoms with Gasteiger partial charge in [-0.25, -0.2) is 4.98 Å². The summed E-state index contributed by atoms with van der Waals surface area (Å²) < 4.78 is 0. The summed E-state index contributed by atoms with van der Waals surface area (Å²) in [5, 5.41) is 16.3. The summed E-state index contributed by atoms with van der Waals surface area (Å²) in [6, 6.07) is 16.2. The van der Waals surface area contributed by atoms with Crippen LogP contribution < -0.4 is 10.6 Å². The van der Waals surface area contributed by atoms with Crippen LogP contribution in [0.3, 0.4) is 0 Å². The Labute approximate surface area is 176 Å². The number of thiophene rings is 1. The lowest BCUT2D eigenvalue weighted by atomic mass is 10.0. The summed E-state index contributed by atoms with van der Waals surface area (Å²) in [6.07, 6.45) is 2.42. The van der Waals surface area contributed by atoms with Gasteiger partial charge >= 0.3 is 0 Å². The van der Waals surface area contributed by atoms with Crippen LogP contribution in [-0.4, -0.2) is 21.1 Å². The number of carbonyl (C=O) groups is 1. The second kappa shape index (κ2) is 8.93. The fourth-order valence-corrected chi connectivity index (χ4v) is 4.41. The summed E-state index contributed by atoms with van der Waals surface area (Å²) in [5.41, 5.74) is 4.56. The van der Waals surface area contributed by atoms with Crippen molar-refractivity contribution >= 4 is 39.5 Å². The summed E-state index contributed by atoms with van der Waals surface area (Å²) in [5.74, 6) is 0.474. The maximum Gasteiger partial charge on any atom is 0.259 e. The molecule has 1 aromatic carbocycles. The molecule has 4 aromatic rings. The molecule has 4 rings (SSSR count). The summed E-state index contributed by atoms with van der Waals surface area (Å²) >= 11 is 3.01. The van der Waals surface area contributed by atoms with Crippen molar-refractivity contribution in [1.29, 1.82) is 0 Å². The number of aromatic nitrogens is 3. The molecule has 146 valence electrons. The van der Waals surface area contributed by atoms with Crippen LogP contribution in [0.4, 0.5) is 10.9 Å². The van der Waals surface area contributed by atoms with Gasteiger partial charge in [0.2, 0.25) is 5.13 Å². The first-order chi connectivity index (χ1) is 14.2. The third-order valence-corrected chi connectivity index (χ3v) is 6.17. The van der Waals surface area contributed by atoms with Gasteiger partial charge in [0.25, 0.3) is 5.91 Å². The van der Waals surface area contributed by atoms with E-state index in [0.717, 1.165) is 12.2 Å². The quantitative estimate of drug-likeness (QED) is 0.441. The van der Waals surface area contributed by atoms with Gasteiger partial charge in [-0.15, -0.1) is 21.5 Å². The maximum absolute atomic E-state index is 12.3. The van der Waals surface area contributed by atoms with Gasteiger partial charge in [0.15, 0.2) is 0 Å². The summed E-state index contributed by atoms with van der Waals surface area (Å²) in [6.45, 7) is 2.12. The highest BCUT2D eigenvalue weighted by Gasteiger charge is 2.17. The second-order valence-electron chi connectivity index (χ2n) is 6.48. The smallest absolute Gasteiger partial charge is 0.259 e. The Balaban J connectivity index is 1.50. The summed E-state index contributed by atoms with van der Waals surface area (Å²) in [7, 11) is 0. The van der Waals surface area contributed by atoms with Gasteiger partial charge in [0.1, 0.15) is 11.3 Å². The van der Waals surface area contributed by atoms with E-state index in [9.17, 15) is 4.79 Å². The van der Waals surface area contributed by atoms with E-state index in [1.165, 1.54) is 27.3 Å². The van der Waals surface area contributed by atoms with E-state index in [2.05, 4.69) is 68.5 Å². The number of pyridine rings is 1. The van der Waals surface area contributed by atoms with Gasteiger partial charge in [-0.2, -0.15) is 0 Å². The van der Waals surface area contributed by atoms with E-state index < -0.39 is 0 Å². The molecule has 1 amide bonds. The van der Waals surface area contributed by atoms with Crippen LogP contribution >= 0.6 is 22.7 Å². The van der Waals surface area contributed by atoms with Crippen LogP contribution in [0.15, 0.2) is 65.6 Å². The molecule has 3 heterocycles. The SMILES string of the molecule is Cc1ccsc1C(Cc1ccccc1)Nc1ccc(C(=O)Nc2nncs2)cn1. The van der Waals surface area contributed by atoms with Gasteiger partial charge in [-0.1, -0.05) is 41.7 Å². The number of hydrogen-bond donors (Lipinski definition) is 2. The third-order valence-electron chi connectivity index (χ3n) is 4.43. The van der Waals surface area contributed by atoms with E-state index >= 15 is 0 Å². The number of rotatable bonds is 7. The molecular formula is C21H19N5OS2. The van der Waals surface area contributed by atoms with Crippen molar-refractivity contribution in [2.24, 2.45) is 0 Å². The van der Waals surface area contributed by atoms with Gasteiger partial charge in [-0.05, 0) is 48.1 Å². The van der Waals surface area contributed by atoms with Crippen molar-refractivity contribution in [2.75, 3.05) is 10.6 Å². The fourth-order valence-electron chi connectivity index (χ4n) is 2.99. The minimum absolute atomic E-state index is 0.103. The highest BCUT2D eigenvalue weighted by atomic mass is 32.1. The van der Waals surface area contributed by atoms with Crippen molar-refractivity contribution in [1.82, 2.24) is 15.2 Å². The largest absolute Gasteiger partial charge is 0.362 e. The average molecular weight is 422 g/mol. The molecular weight excluding hydrogens is 402 g/mol. The minimum Gasteiger partial charge on any atom is -0.362 e. The number of amides is 1. The maximum atomic E-state index is 12.3. The van der Waals surface area contributed by atoms with Crippen molar-refractivity contribution in [3.8, 4) is 0 Å². The van der Waals surface area contributed by atoms with E-state index in [1.54, 1.807) is 29.1 Å². The minimum atomic E-state index is -0.254. The Morgan fingerprint density at radius 1 is 1.10 bits per heavy atom. The Kier molecular flexibility index (Phi) is 5.92. The monoisotopic (exact) mass is 421 g/mol. The second-order valence-corrected chi connectivity index (χ2v) is 8.27. The van der Waals surface area contributed by atoms with Gasteiger partial charge in [0, 0.05) is 11.1 Å². The molecule has 2 N–H and O–H groups in total. The normalized spacial score (nSPS) is 11.8. The highest BCUT2D eigenvalue weighted by molar-refractivity contribution is 7.13. The topological polar surface area (TPSA) is 79.8 Å². The summed E-state index contributed by atoms with van der Waals surface area (Å²) in [4.78, 5) is 18.0. The molecule has 6 nitrogen and oxygen atoms in total. The number of anilines is 2. The predicted molar refractivity (Wildman–Crippen MR) is 118 cm³/mol. The number of aryl methyl sites for hydroxylation is 1. The van der Waals surface area contributed by atoms with E-state index in [-0.39, 0.29) is 11.9 Å². The number of nitrogens with one attached hydrogen (secondary N) is 2. The Morgan fingerprint density at radius 3 is 2.62 bits per heavy atom. The van der Waals surface area contributed by atoms with E-state index in [4.69, 9.17) is 0 Å². The van der Waals surface area contributed by atoms with E-state index in [0.29, 0.717) is 10.7 Å². The molecule has 0 bridgehead atoms. The zero-order chi connectivity index (χ0) is 20.1. The molecule has 0 aliphatic carbocycles. The molecule has 0 saturated heterocycles. The van der Waals surface area contributed by atoms with Crippen molar-refractivity contribution in [3.05, 3.63) is 87.2 Å². The number of carbonyl (C=O) groups excluding carboxylic acids is 1. The van der Waals surface area contributed by atoms with Crippen molar-refractivity contribution in [2.45, 2.75) is 19.4 Å². The lowest BCUT2D eigenvalue weighted by molar-refractivity contribution is 0.102. The first kappa shape index (κ1) is 19.2. The van der Waals surface area contributed by atoms with Crippen LogP contribution in [0, 0.1) is 6.92 Å². The molecule has 0 spiro atoms. The first-order valence-electron chi connectivity index (χ1n) is 9.07. The molecule has 1 unspecified atom stereocenters. The first-order valence-corrected chi connectivity index (χ1v) is 10.8. The van der Waals surface area contributed by atoms with Crippen molar-refractivity contribution in [3.63, 3.8) is 0 Å². The zero-order valence-electron chi connectivity index (χ0n) is 15.7. The van der Waals surface area contributed by atoms with Gasteiger partial charge in [-0.3, -0.25) is 10.1 Å². The van der Waals surface area contributed by atoms with Crippen LogP contribution in [-0.2, 0) is 6.42 Å². The van der Waals surface area contributed by atoms with Gasteiger partial charge < -0.3 is 5.32 Å². The van der Waals surface area contributed by atoms with Crippen LogP contribution in [0.25, 0.3) is 0 Å². The average Bonchev–Trinajstić information content (AvgIpc) is 3.40. The lowest BCUT2D eigenvalue weighted by Gasteiger charge is -2.19. The van der Waals surface area contributed by atoms with Crippen LogP contribution in [0.2, 0.25) is 0 Å². The third kappa shape index (κ3) is 4.85. The molecule has 8 heteroatoms. The predicted octanol–water partition coefficient (Wildman–Crippen LogP) is 4.95. The molecule has 0 saturated carbocycles. The van der Waals surface area contributed by atoms with Gasteiger partial charge in [0.05, 0.1) is 11.6 Å². The molecule has 0 fully saturated rings. The van der Waals surface area contributed by atoms with Crippen LogP contribution in [0.5, 0.6) is 0 Å². The van der Waals surface area contributed by atoms with Crippen molar-refractivity contribution < 1.29 is 4.79 Å². The molecule has 0 aliphatic rings. The number of benzene rings is 1. The zero-order valence-corrected chi connectivity index (χ0v) is 17.3. The fraction of sp³-hybridized carbons (Fsp3) is 0.143. The molecule has 0 radical (unpaired) electrons. The van der Waals surface area contributed by atoms with E-state index in [1.807, 2.05) is 12.1 Å². The number of nitrogens with zero attached hydrogens (tertiary/aromatic N) is 3. The number of hydrogen-bond acceptors (Lipinski definition) is 7. The molecule has 0 aliphatic heterocycles.